The fourth-order valence-electron chi connectivity index (χ4n) is 0.841. The van der Waals surface area contributed by atoms with Crippen LogP contribution >= 0.6 is 7.82 Å². The van der Waals surface area contributed by atoms with Crippen LogP contribution in [0.4, 0.5) is 0 Å². The molecule has 1 fully saturated rings. The molecule has 58 valence electrons. The van der Waals surface area contributed by atoms with Crippen LogP contribution in [0.2, 0.25) is 0 Å². The molecular formula is C3HN2O5P. The summed E-state index contributed by atoms with van der Waals surface area (Å²) in [5, 5.41) is 0.868. The van der Waals surface area contributed by atoms with Gasteiger partial charge in [-0.25, -0.2) is 4.57 Å². The minimum Gasteiger partial charge on any atom is -0.369 e. The standard InChI is InChI=1S/C3HN2O5P/c6-11-8-2-3(9-11)5(10-11)7-1-4-2/h1H. The second-order valence-corrected chi connectivity index (χ2v) is 3.34. The van der Waals surface area contributed by atoms with Crippen LogP contribution in [0.25, 0.3) is 0 Å². The van der Waals surface area contributed by atoms with Gasteiger partial charge >= 0.3 is 13.7 Å². The van der Waals surface area contributed by atoms with E-state index in [-0.39, 0.29) is 11.8 Å². The number of hydroxylamine groups is 2. The lowest BCUT2D eigenvalue weighted by molar-refractivity contribution is -0.242. The molecule has 0 aromatic carbocycles. The number of hydrogen-bond acceptors (Lipinski definition) is 7. The Balaban J connectivity index is 2.20. The lowest BCUT2D eigenvalue weighted by Crippen LogP contribution is -2.22. The zero-order valence-corrected chi connectivity index (χ0v) is 5.85. The summed E-state index contributed by atoms with van der Waals surface area (Å²) in [6, 6.07) is 0. The van der Waals surface area contributed by atoms with Crippen molar-refractivity contribution in [3.05, 3.63) is 11.8 Å². The van der Waals surface area contributed by atoms with Crippen LogP contribution in [0.3, 0.4) is 0 Å². The van der Waals surface area contributed by atoms with E-state index in [9.17, 15) is 4.57 Å². The zero-order valence-electron chi connectivity index (χ0n) is 4.96. The van der Waals surface area contributed by atoms with Crippen molar-refractivity contribution in [1.82, 2.24) is 5.23 Å². The molecule has 3 aliphatic heterocycles. The first kappa shape index (κ1) is 5.45. The van der Waals surface area contributed by atoms with Gasteiger partial charge in [0, 0.05) is 0 Å². The summed E-state index contributed by atoms with van der Waals surface area (Å²) in [4.78, 5) is 8.26. The third-order valence-corrected chi connectivity index (χ3v) is 2.37. The van der Waals surface area contributed by atoms with Crippen LogP contribution in [0.5, 0.6) is 0 Å². The van der Waals surface area contributed by atoms with Gasteiger partial charge in [0.1, 0.15) is 0 Å². The quantitative estimate of drug-likeness (QED) is 0.500. The molecule has 3 aliphatic rings. The van der Waals surface area contributed by atoms with E-state index in [1.165, 1.54) is 0 Å². The smallest absolute Gasteiger partial charge is 0.369 e. The number of phosphoric acid groups is 1. The minimum atomic E-state index is -3.44. The van der Waals surface area contributed by atoms with Crippen molar-refractivity contribution < 1.29 is 23.1 Å². The molecule has 1 atom stereocenters. The predicted octanol–water partition coefficient (Wildman–Crippen LogP) is 0.489. The maximum atomic E-state index is 11.1. The van der Waals surface area contributed by atoms with Crippen LogP contribution in [-0.2, 0) is 23.1 Å². The van der Waals surface area contributed by atoms with E-state index in [4.69, 9.17) is 4.52 Å². The Labute approximate surface area is 60.3 Å². The normalized spacial score (nSPS) is 36.9. The average Bonchev–Trinajstić information content (AvgIpc) is 2.37. The molecule has 8 heteroatoms. The summed E-state index contributed by atoms with van der Waals surface area (Å²) in [6.07, 6.45) is 1.09. The summed E-state index contributed by atoms with van der Waals surface area (Å²) in [6.45, 7) is 0. The highest BCUT2D eigenvalue weighted by molar-refractivity contribution is 7.49. The van der Waals surface area contributed by atoms with Crippen LogP contribution < -0.4 is 0 Å². The van der Waals surface area contributed by atoms with Crippen molar-refractivity contribution in [2.24, 2.45) is 4.99 Å². The second-order valence-electron chi connectivity index (χ2n) is 1.92. The minimum absolute atomic E-state index is 0.107. The first-order chi connectivity index (χ1) is 5.27. The number of fused-ring (bicyclic) bond motifs is 1. The Morgan fingerprint density at radius 1 is 1.55 bits per heavy atom. The molecule has 11 heavy (non-hydrogen) atoms. The fourth-order valence-corrected chi connectivity index (χ4v) is 1.93. The fraction of sp³-hybridized carbons (Fsp3) is 0. The topological polar surface area (TPSA) is 69.6 Å². The van der Waals surface area contributed by atoms with Crippen LogP contribution in [0, 0.1) is 0 Å². The van der Waals surface area contributed by atoms with Gasteiger partial charge in [0.05, 0.1) is 0 Å². The van der Waals surface area contributed by atoms with Gasteiger partial charge in [-0.3, -0.25) is 0 Å². The van der Waals surface area contributed by atoms with Gasteiger partial charge in [0.15, 0.2) is 0 Å². The van der Waals surface area contributed by atoms with Gasteiger partial charge in [0.2, 0.25) is 6.40 Å². The second kappa shape index (κ2) is 1.37. The van der Waals surface area contributed by atoms with Crippen molar-refractivity contribution in [2.45, 2.75) is 0 Å². The van der Waals surface area contributed by atoms with Gasteiger partial charge in [-0.05, 0) is 5.23 Å². The summed E-state index contributed by atoms with van der Waals surface area (Å²) < 4.78 is 25.1. The van der Waals surface area contributed by atoms with Crippen molar-refractivity contribution >= 4 is 14.2 Å². The number of nitrogens with zero attached hydrogens (tertiary/aromatic N) is 2. The Hall–Kier alpha value is -1.20. The molecule has 0 amide bonds. The van der Waals surface area contributed by atoms with E-state index in [0.29, 0.717) is 0 Å². The Bertz CT molecular complexity index is 335. The lowest BCUT2D eigenvalue weighted by atomic mass is 10.7. The van der Waals surface area contributed by atoms with Crippen molar-refractivity contribution in [1.29, 1.82) is 0 Å². The monoisotopic (exact) mass is 176 g/mol. The van der Waals surface area contributed by atoms with E-state index in [1.807, 2.05) is 0 Å². The molecule has 3 heterocycles. The van der Waals surface area contributed by atoms with E-state index in [2.05, 4.69) is 19.0 Å². The highest BCUT2D eigenvalue weighted by Crippen LogP contribution is 2.66. The van der Waals surface area contributed by atoms with E-state index < -0.39 is 7.82 Å². The van der Waals surface area contributed by atoms with Crippen molar-refractivity contribution in [3.8, 4) is 0 Å². The third kappa shape index (κ3) is 0.527. The van der Waals surface area contributed by atoms with E-state index >= 15 is 0 Å². The Morgan fingerprint density at radius 3 is 3.09 bits per heavy atom. The van der Waals surface area contributed by atoms with Crippen LogP contribution in [-0.4, -0.2) is 11.6 Å². The van der Waals surface area contributed by atoms with Crippen LogP contribution in [0.1, 0.15) is 0 Å². The Kier molecular flexibility index (Phi) is 0.677. The van der Waals surface area contributed by atoms with E-state index in [0.717, 1.165) is 11.6 Å². The molecule has 0 aliphatic carbocycles. The first-order valence-corrected chi connectivity index (χ1v) is 4.16. The maximum Gasteiger partial charge on any atom is 0.615 e. The van der Waals surface area contributed by atoms with Crippen LogP contribution in [0.15, 0.2) is 16.8 Å². The summed E-state index contributed by atoms with van der Waals surface area (Å²) in [5.41, 5.74) is 0. The third-order valence-electron chi connectivity index (χ3n) is 1.23. The summed E-state index contributed by atoms with van der Waals surface area (Å²) in [5.74, 6) is 0.238. The maximum absolute atomic E-state index is 11.1. The molecule has 3 rings (SSSR count). The Morgan fingerprint density at radius 2 is 2.45 bits per heavy atom. The summed E-state index contributed by atoms with van der Waals surface area (Å²) >= 11 is 0. The highest BCUT2D eigenvalue weighted by atomic mass is 31.2. The number of hydrogen-bond donors (Lipinski definition) is 0. The van der Waals surface area contributed by atoms with Gasteiger partial charge in [-0.15, -0.1) is 4.62 Å². The molecule has 1 unspecified atom stereocenters. The molecule has 0 N–H and O–H groups in total. The van der Waals surface area contributed by atoms with Gasteiger partial charge < -0.3 is 13.9 Å². The number of rotatable bonds is 0. The molecule has 2 bridgehead atoms. The molecular weight excluding hydrogens is 175 g/mol. The summed E-state index contributed by atoms with van der Waals surface area (Å²) in [7, 11) is -3.44. The predicted molar refractivity (Wildman–Crippen MR) is 29.3 cm³/mol. The highest BCUT2D eigenvalue weighted by Gasteiger charge is 2.56. The molecule has 0 radical (unpaired) electrons. The molecule has 0 saturated carbocycles. The molecule has 0 aromatic rings. The van der Waals surface area contributed by atoms with Gasteiger partial charge in [-0.1, -0.05) is 0 Å². The SMILES string of the molecule is O=P12OC3=C(O1)N(OC=N3)O2. The van der Waals surface area contributed by atoms with Crippen molar-refractivity contribution in [2.75, 3.05) is 0 Å². The van der Waals surface area contributed by atoms with Gasteiger partial charge in [0.25, 0.3) is 5.88 Å². The average molecular weight is 176 g/mol. The first-order valence-electron chi connectivity index (χ1n) is 2.69. The molecule has 1 saturated heterocycles. The lowest BCUT2D eigenvalue weighted by Gasteiger charge is -2.17. The van der Waals surface area contributed by atoms with Gasteiger partial charge in [-0.2, -0.15) is 4.99 Å². The number of aliphatic imine (C=N–C) groups is 1. The molecule has 0 aromatic heterocycles. The van der Waals surface area contributed by atoms with E-state index in [1.54, 1.807) is 0 Å². The largest absolute Gasteiger partial charge is 0.615 e. The molecule has 7 nitrogen and oxygen atoms in total. The molecule has 0 spiro atoms. The number of phosphoric ester groups is 1. The zero-order chi connectivity index (χ0) is 7.47. The van der Waals surface area contributed by atoms with Crippen molar-refractivity contribution in [3.63, 3.8) is 0 Å².